The summed E-state index contributed by atoms with van der Waals surface area (Å²) in [6.45, 7) is 3.84. The van der Waals surface area contributed by atoms with Crippen molar-refractivity contribution in [2.45, 2.75) is 13.0 Å². The Morgan fingerprint density at radius 1 is 1.50 bits per heavy atom. The molecule has 0 radical (unpaired) electrons. The lowest BCUT2D eigenvalue weighted by Gasteiger charge is -2.22. The van der Waals surface area contributed by atoms with Crippen LogP contribution in [0.5, 0.6) is 5.75 Å². The molecule has 0 bridgehead atoms. The molecule has 0 aromatic heterocycles. The van der Waals surface area contributed by atoms with E-state index in [2.05, 4.69) is 12.5 Å². The van der Waals surface area contributed by atoms with Crippen molar-refractivity contribution in [3.05, 3.63) is 42.5 Å². The second-order valence-corrected chi connectivity index (χ2v) is 4.11. The lowest BCUT2D eigenvalue weighted by Crippen LogP contribution is -2.30. The number of para-hydroxylation sites is 1. The Hall–Kier alpha value is -2.28. The molecule has 0 N–H and O–H groups in total. The number of alkyl halides is 1. The first-order valence-corrected chi connectivity index (χ1v) is 6.34. The summed E-state index contributed by atoms with van der Waals surface area (Å²) in [6.07, 6.45) is 6.69. The van der Waals surface area contributed by atoms with Crippen molar-refractivity contribution in [2.75, 3.05) is 19.8 Å². The lowest BCUT2D eigenvalue weighted by molar-refractivity contribution is -0.126. The molecule has 20 heavy (non-hydrogen) atoms. The number of hydrogen-bond donors (Lipinski definition) is 0. The standard InChI is InChI=1S/C16H18FNO2/c1-3-12-20-15-9-6-5-8-14(15)13-18(11-7-10-17)16(19)4-2/h1,4-6,8-9H,2,7,10-13H2. The highest BCUT2D eigenvalue weighted by molar-refractivity contribution is 5.87. The Balaban J connectivity index is 2.84. The number of terminal acetylenes is 1. The minimum Gasteiger partial charge on any atom is -0.481 e. The number of nitrogens with zero attached hydrogens (tertiary/aromatic N) is 1. The van der Waals surface area contributed by atoms with Crippen LogP contribution >= 0.6 is 0 Å². The number of amides is 1. The molecule has 0 aliphatic rings. The second kappa shape index (κ2) is 8.76. The smallest absolute Gasteiger partial charge is 0.246 e. The Kier molecular flexibility index (Phi) is 6.91. The van der Waals surface area contributed by atoms with Crippen LogP contribution in [0.1, 0.15) is 12.0 Å². The van der Waals surface area contributed by atoms with E-state index in [1.807, 2.05) is 18.2 Å². The van der Waals surface area contributed by atoms with Crippen molar-refractivity contribution < 1.29 is 13.9 Å². The molecule has 0 unspecified atom stereocenters. The molecule has 106 valence electrons. The maximum Gasteiger partial charge on any atom is 0.246 e. The monoisotopic (exact) mass is 275 g/mol. The van der Waals surface area contributed by atoms with Crippen molar-refractivity contribution in [3.8, 4) is 18.1 Å². The van der Waals surface area contributed by atoms with Crippen LogP contribution in [0.15, 0.2) is 36.9 Å². The SMILES string of the molecule is C#CCOc1ccccc1CN(CCCF)C(=O)C=C. The third kappa shape index (κ3) is 4.77. The molecule has 0 atom stereocenters. The zero-order valence-electron chi connectivity index (χ0n) is 11.3. The quantitative estimate of drug-likeness (QED) is 0.539. The fraction of sp³-hybridized carbons (Fsp3) is 0.312. The van der Waals surface area contributed by atoms with Crippen molar-refractivity contribution in [1.82, 2.24) is 4.90 Å². The molecular weight excluding hydrogens is 257 g/mol. The normalized spacial score (nSPS) is 9.60. The van der Waals surface area contributed by atoms with Crippen LogP contribution in [0.25, 0.3) is 0 Å². The summed E-state index contributed by atoms with van der Waals surface area (Å²) in [5.74, 6) is 2.80. The minimum atomic E-state index is -0.462. The maximum atomic E-state index is 12.3. The van der Waals surface area contributed by atoms with E-state index in [9.17, 15) is 9.18 Å². The molecule has 1 rings (SSSR count). The largest absolute Gasteiger partial charge is 0.481 e. The van der Waals surface area contributed by atoms with Gasteiger partial charge in [-0.15, -0.1) is 6.42 Å². The van der Waals surface area contributed by atoms with E-state index in [1.165, 1.54) is 11.0 Å². The van der Waals surface area contributed by atoms with E-state index in [0.29, 0.717) is 25.3 Å². The van der Waals surface area contributed by atoms with Crippen LogP contribution in [-0.2, 0) is 11.3 Å². The van der Waals surface area contributed by atoms with Crippen LogP contribution in [0.4, 0.5) is 4.39 Å². The first kappa shape index (κ1) is 15.8. The van der Waals surface area contributed by atoms with Gasteiger partial charge in [-0.25, -0.2) is 0 Å². The number of benzene rings is 1. The second-order valence-electron chi connectivity index (χ2n) is 4.11. The van der Waals surface area contributed by atoms with Gasteiger partial charge >= 0.3 is 0 Å². The number of carbonyl (C=O) groups excluding carboxylic acids is 1. The van der Waals surface area contributed by atoms with Crippen molar-refractivity contribution in [3.63, 3.8) is 0 Å². The van der Waals surface area contributed by atoms with Crippen molar-refractivity contribution in [1.29, 1.82) is 0 Å². The lowest BCUT2D eigenvalue weighted by atomic mass is 10.2. The van der Waals surface area contributed by atoms with E-state index in [-0.39, 0.29) is 12.5 Å². The predicted molar refractivity (Wildman–Crippen MR) is 77.0 cm³/mol. The molecule has 0 saturated heterocycles. The van der Waals surface area contributed by atoms with Gasteiger partial charge in [0.05, 0.1) is 6.67 Å². The van der Waals surface area contributed by atoms with E-state index in [4.69, 9.17) is 11.2 Å². The highest BCUT2D eigenvalue weighted by Gasteiger charge is 2.13. The van der Waals surface area contributed by atoms with Crippen molar-refractivity contribution in [2.24, 2.45) is 0 Å². The van der Waals surface area contributed by atoms with Gasteiger partial charge in [0.2, 0.25) is 5.91 Å². The molecule has 0 aliphatic heterocycles. The summed E-state index contributed by atoms with van der Waals surface area (Å²) in [5, 5.41) is 0. The molecule has 1 aromatic rings. The fourth-order valence-electron chi connectivity index (χ4n) is 1.75. The molecule has 4 heteroatoms. The molecule has 1 aromatic carbocycles. The zero-order valence-corrected chi connectivity index (χ0v) is 11.3. The average Bonchev–Trinajstić information content (AvgIpc) is 2.49. The molecule has 0 fully saturated rings. The highest BCUT2D eigenvalue weighted by atomic mass is 19.1. The maximum absolute atomic E-state index is 12.3. The van der Waals surface area contributed by atoms with Gasteiger partial charge in [0.15, 0.2) is 0 Å². The Morgan fingerprint density at radius 3 is 2.90 bits per heavy atom. The predicted octanol–water partition coefficient (Wildman–Crippen LogP) is 2.57. The molecule has 0 spiro atoms. The number of halogens is 1. The van der Waals surface area contributed by atoms with Gasteiger partial charge < -0.3 is 9.64 Å². The Labute approximate surface area is 119 Å². The minimum absolute atomic E-state index is 0.164. The molecule has 1 amide bonds. The molecular formula is C16H18FNO2. The van der Waals surface area contributed by atoms with E-state index in [0.717, 1.165) is 5.56 Å². The summed E-state index contributed by atoms with van der Waals surface area (Å²) in [7, 11) is 0. The van der Waals surface area contributed by atoms with Crippen LogP contribution in [0, 0.1) is 12.3 Å². The van der Waals surface area contributed by atoms with Gasteiger partial charge in [-0.2, -0.15) is 0 Å². The van der Waals surface area contributed by atoms with E-state index >= 15 is 0 Å². The van der Waals surface area contributed by atoms with Crippen molar-refractivity contribution >= 4 is 5.91 Å². The van der Waals surface area contributed by atoms with Gasteiger partial charge in [-0.05, 0) is 18.6 Å². The van der Waals surface area contributed by atoms with Gasteiger partial charge in [-0.1, -0.05) is 30.7 Å². The molecule has 0 heterocycles. The Bertz CT molecular complexity index is 493. The molecule has 0 aliphatic carbocycles. The molecule has 3 nitrogen and oxygen atoms in total. The van der Waals surface area contributed by atoms with Gasteiger partial charge in [0.1, 0.15) is 12.4 Å². The fourth-order valence-corrected chi connectivity index (χ4v) is 1.75. The number of carbonyl (C=O) groups is 1. The van der Waals surface area contributed by atoms with Crippen LogP contribution in [0.2, 0.25) is 0 Å². The summed E-state index contributed by atoms with van der Waals surface area (Å²) >= 11 is 0. The summed E-state index contributed by atoms with van der Waals surface area (Å²) in [6, 6.07) is 7.32. The third-order valence-electron chi connectivity index (χ3n) is 2.69. The summed E-state index contributed by atoms with van der Waals surface area (Å²) in [5.41, 5.74) is 0.830. The summed E-state index contributed by atoms with van der Waals surface area (Å²) in [4.78, 5) is 13.3. The number of rotatable bonds is 8. The number of ether oxygens (including phenoxy) is 1. The van der Waals surface area contributed by atoms with Gasteiger partial charge in [0.25, 0.3) is 0 Å². The summed E-state index contributed by atoms with van der Waals surface area (Å²) < 4.78 is 17.7. The topological polar surface area (TPSA) is 29.5 Å². The molecule has 0 saturated carbocycles. The first-order valence-electron chi connectivity index (χ1n) is 6.34. The van der Waals surface area contributed by atoms with Gasteiger partial charge in [0, 0.05) is 18.7 Å². The average molecular weight is 275 g/mol. The zero-order chi connectivity index (χ0) is 14.8. The first-order chi connectivity index (χ1) is 9.72. The van der Waals surface area contributed by atoms with E-state index < -0.39 is 6.67 Å². The number of hydrogen-bond acceptors (Lipinski definition) is 2. The van der Waals surface area contributed by atoms with Crippen LogP contribution in [-0.4, -0.2) is 30.6 Å². The third-order valence-corrected chi connectivity index (χ3v) is 2.69. The van der Waals surface area contributed by atoms with Gasteiger partial charge in [-0.3, -0.25) is 9.18 Å². The van der Waals surface area contributed by atoms with Crippen LogP contribution < -0.4 is 4.74 Å². The Morgan fingerprint density at radius 2 is 2.25 bits per heavy atom. The van der Waals surface area contributed by atoms with E-state index in [1.54, 1.807) is 6.07 Å². The van der Waals surface area contributed by atoms with Crippen LogP contribution in [0.3, 0.4) is 0 Å². The highest BCUT2D eigenvalue weighted by Crippen LogP contribution is 2.20.